The van der Waals surface area contributed by atoms with Gasteiger partial charge in [-0.15, -0.1) is 0 Å². The van der Waals surface area contributed by atoms with E-state index in [1.807, 2.05) is 43.9 Å². The first-order valence-electron chi connectivity index (χ1n) is 8.45. The van der Waals surface area contributed by atoms with Crippen molar-refractivity contribution in [1.82, 2.24) is 4.90 Å². The van der Waals surface area contributed by atoms with Crippen LogP contribution in [0.15, 0.2) is 28.7 Å². The van der Waals surface area contributed by atoms with Gasteiger partial charge in [-0.3, -0.25) is 4.79 Å². The number of likely N-dealkylation sites (tertiary alicyclic amines) is 1. The average Bonchev–Trinajstić information content (AvgIpc) is 2.90. The molecule has 1 saturated heterocycles. The fraction of sp³-hybridized carbons (Fsp3) is 0.474. The maximum Gasteiger partial charge on any atom is 0.375 e. The lowest BCUT2D eigenvalue weighted by Crippen LogP contribution is -2.49. The fourth-order valence-corrected chi connectivity index (χ4v) is 3.55. The molecule has 2 atom stereocenters. The molecular formula is C19H23NO4. The number of nitrogens with zero attached hydrogens (tertiary/aromatic N) is 1. The minimum absolute atomic E-state index is 0.142. The van der Waals surface area contributed by atoms with Crippen molar-refractivity contribution in [2.45, 2.75) is 52.1 Å². The number of aryl methyl sites for hydroxylation is 1. The topological polar surface area (TPSA) is 59.8 Å². The summed E-state index contributed by atoms with van der Waals surface area (Å²) in [5, 5.41) is 0.883. The van der Waals surface area contributed by atoms with Crippen LogP contribution < -0.4 is 0 Å². The number of carbonyl (C=O) groups excluding carboxylic acids is 2. The maximum atomic E-state index is 12.4. The van der Waals surface area contributed by atoms with Crippen LogP contribution in [-0.2, 0) is 9.53 Å². The van der Waals surface area contributed by atoms with Gasteiger partial charge in [-0.2, -0.15) is 0 Å². The lowest BCUT2D eigenvalue weighted by molar-refractivity contribution is -0.140. The Balaban J connectivity index is 1.68. The predicted octanol–water partition coefficient (Wildman–Crippen LogP) is 3.69. The molecular weight excluding hydrogens is 306 g/mol. The Morgan fingerprint density at radius 1 is 1.21 bits per heavy atom. The van der Waals surface area contributed by atoms with E-state index < -0.39 is 5.97 Å². The molecule has 1 aromatic carbocycles. The van der Waals surface area contributed by atoms with Gasteiger partial charge in [-0.25, -0.2) is 4.79 Å². The van der Waals surface area contributed by atoms with E-state index in [9.17, 15) is 9.59 Å². The molecule has 3 rings (SSSR count). The molecule has 0 aliphatic carbocycles. The molecule has 1 aliphatic rings. The van der Waals surface area contributed by atoms with Crippen molar-refractivity contribution >= 4 is 22.8 Å². The molecule has 2 aromatic rings. The molecule has 5 nitrogen and oxygen atoms in total. The van der Waals surface area contributed by atoms with Crippen molar-refractivity contribution in [3.63, 3.8) is 0 Å². The molecule has 0 saturated carbocycles. The highest BCUT2D eigenvalue weighted by atomic mass is 16.5. The summed E-state index contributed by atoms with van der Waals surface area (Å²) in [6, 6.07) is 7.82. The number of carbonyl (C=O) groups is 2. The Morgan fingerprint density at radius 3 is 2.54 bits per heavy atom. The van der Waals surface area contributed by atoms with Crippen LogP contribution in [0.25, 0.3) is 11.0 Å². The number of rotatable bonds is 3. The first-order valence-corrected chi connectivity index (χ1v) is 8.45. The molecule has 1 fully saturated rings. The molecule has 24 heavy (non-hydrogen) atoms. The quantitative estimate of drug-likeness (QED) is 0.806. The first-order chi connectivity index (χ1) is 11.5. The van der Waals surface area contributed by atoms with E-state index in [0.717, 1.165) is 30.2 Å². The van der Waals surface area contributed by atoms with E-state index in [4.69, 9.17) is 9.15 Å². The van der Waals surface area contributed by atoms with Crippen LogP contribution in [0.4, 0.5) is 0 Å². The van der Waals surface area contributed by atoms with Crippen LogP contribution in [0.1, 0.15) is 49.2 Å². The van der Waals surface area contributed by atoms with Gasteiger partial charge >= 0.3 is 5.97 Å². The molecule has 1 amide bonds. The molecule has 1 aromatic heterocycles. The maximum absolute atomic E-state index is 12.4. The molecule has 0 bridgehead atoms. The highest BCUT2D eigenvalue weighted by Gasteiger charge is 2.30. The van der Waals surface area contributed by atoms with E-state index in [2.05, 4.69) is 0 Å². The highest BCUT2D eigenvalue weighted by molar-refractivity contribution is 5.96. The minimum atomic E-state index is -0.589. The van der Waals surface area contributed by atoms with Crippen LogP contribution >= 0.6 is 0 Å². The van der Waals surface area contributed by atoms with Crippen LogP contribution in [0.2, 0.25) is 0 Å². The minimum Gasteiger partial charge on any atom is -0.450 e. The normalized spacial score (nSPS) is 21.0. The lowest BCUT2D eigenvalue weighted by Gasteiger charge is -2.38. The molecule has 1 aliphatic heterocycles. The summed E-state index contributed by atoms with van der Waals surface area (Å²) in [4.78, 5) is 26.6. The lowest BCUT2D eigenvalue weighted by atomic mass is 9.97. The Bertz CT molecular complexity index is 754. The summed E-state index contributed by atoms with van der Waals surface area (Å²) in [5.41, 5.74) is 1.38. The second-order valence-electron chi connectivity index (χ2n) is 6.56. The Hall–Kier alpha value is -2.30. The Labute approximate surface area is 141 Å². The van der Waals surface area contributed by atoms with E-state index >= 15 is 0 Å². The summed E-state index contributed by atoms with van der Waals surface area (Å²) in [5.74, 6) is -0.560. The van der Waals surface area contributed by atoms with Gasteiger partial charge in [0.05, 0.1) is 0 Å². The van der Waals surface area contributed by atoms with Gasteiger partial charge in [-0.1, -0.05) is 18.2 Å². The fourth-order valence-electron chi connectivity index (χ4n) is 3.55. The van der Waals surface area contributed by atoms with E-state index in [-0.39, 0.29) is 30.4 Å². The van der Waals surface area contributed by atoms with Gasteiger partial charge in [0.1, 0.15) is 5.58 Å². The second kappa shape index (κ2) is 6.67. The zero-order chi connectivity index (χ0) is 17.3. The number of hydrogen-bond acceptors (Lipinski definition) is 4. The van der Waals surface area contributed by atoms with Gasteiger partial charge < -0.3 is 14.1 Å². The monoisotopic (exact) mass is 329 g/mol. The van der Waals surface area contributed by atoms with Crippen LogP contribution in [0.3, 0.4) is 0 Å². The standard InChI is InChI=1S/C19H23NO4/c1-12-7-6-8-13(2)20(12)17(21)11-23-19(22)18-14(3)15-9-4-5-10-16(15)24-18/h4-5,9-10,12-13H,6-8,11H2,1-3H3/t12-,13-/m1/s1. The van der Waals surface area contributed by atoms with Crippen molar-refractivity contribution in [2.24, 2.45) is 0 Å². The number of fused-ring (bicyclic) bond motifs is 1. The summed E-state index contributed by atoms with van der Waals surface area (Å²) in [7, 11) is 0. The van der Waals surface area contributed by atoms with Gasteiger partial charge in [0, 0.05) is 23.0 Å². The number of hydrogen-bond donors (Lipinski definition) is 0. The van der Waals surface area contributed by atoms with Gasteiger partial charge in [0.25, 0.3) is 5.91 Å². The SMILES string of the molecule is Cc1c(C(=O)OCC(=O)N2[C@H](C)CCC[C@H]2C)oc2ccccc12. The molecule has 128 valence electrons. The van der Waals surface area contributed by atoms with E-state index in [1.165, 1.54) is 0 Å². The molecule has 0 unspecified atom stereocenters. The third kappa shape index (κ3) is 3.03. The van der Waals surface area contributed by atoms with Crippen LogP contribution in [-0.4, -0.2) is 35.5 Å². The van der Waals surface area contributed by atoms with Crippen LogP contribution in [0.5, 0.6) is 0 Å². The van der Waals surface area contributed by atoms with Crippen LogP contribution in [0, 0.1) is 6.92 Å². The van der Waals surface area contributed by atoms with E-state index in [1.54, 1.807) is 6.07 Å². The first kappa shape index (κ1) is 16.6. The molecule has 0 spiro atoms. The summed E-state index contributed by atoms with van der Waals surface area (Å²) >= 11 is 0. The number of benzene rings is 1. The third-order valence-electron chi connectivity index (χ3n) is 4.84. The van der Waals surface area contributed by atoms with Crippen molar-refractivity contribution in [2.75, 3.05) is 6.61 Å². The summed E-state index contributed by atoms with van der Waals surface area (Å²) in [6.45, 7) is 5.65. The highest BCUT2D eigenvalue weighted by Crippen LogP contribution is 2.26. The van der Waals surface area contributed by atoms with Crippen molar-refractivity contribution in [3.05, 3.63) is 35.6 Å². The van der Waals surface area contributed by atoms with E-state index in [0.29, 0.717) is 5.58 Å². The molecule has 5 heteroatoms. The zero-order valence-corrected chi connectivity index (χ0v) is 14.4. The number of para-hydroxylation sites is 1. The zero-order valence-electron chi connectivity index (χ0n) is 14.4. The van der Waals surface area contributed by atoms with Crippen molar-refractivity contribution < 1.29 is 18.7 Å². The Morgan fingerprint density at radius 2 is 1.88 bits per heavy atom. The number of ether oxygens (including phenoxy) is 1. The largest absolute Gasteiger partial charge is 0.450 e. The summed E-state index contributed by atoms with van der Waals surface area (Å²) < 4.78 is 10.8. The second-order valence-corrected chi connectivity index (χ2v) is 6.56. The molecule has 0 radical (unpaired) electrons. The number of piperidine rings is 1. The Kier molecular flexibility index (Phi) is 4.60. The van der Waals surface area contributed by atoms with Gasteiger partial charge in [-0.05, 0) is 46.1 Å². The van der Waals surface area contributed by atoms with Gasteiger partial charge in [0.2, 0.25) is 5.76 Å². The smallest absolute Gasteiger partial charge is 0.375 e. The third-order valence-corrected chi connectivity index (χ3v) is 4.84. The molecule has 2 heterocycles. The predicted molar refractivity (Wildman–Crippen MR) is 90.9 cm³/mol. The van der Waals surface area contributed by atoms with Gasteiger partial charge in [0.15, 0.2) is 6.61 Å². The van der Waals surface area contributed by atoms with Crippen molar-refractivity contribution in [3.8, 4) is 0 Å². The molecule has 0 N–H and O–H groups in total. The number of amides is 1. The number of furan rings is 1. The van der Waals surface area contributed by atoms with Crippen molar-refractivity contribution in [1.29, 1.82) is 0 Å². The number of esters is 1. The average molecular weight is 329 g/mol. The summed E-state index contributed by atoms with van der Waals surface area (Å²) in [6.07, 6.45) is 3.11.